The molecule has 0 bridgehead atoms. The second-order valence-corrected chi connectivity index (χ2v) is 8.42. The maximum atomic E-state index is 13.1. The Morgan fingerprint density at radius 1 is 1.10 bits per heavy atom. The first kappa shape index (κ1) is 23.3. The van der Waals surface area contributed by atoms with Gasteiger partial charge in [0.05, 0.1) is 0 Å². The molecule has 2 amide bonds. The van der Waals surface area contributed by atoms with E-state index in [0.717, 1.165) is 10.5 Å². The largest absolute Gasteiger partial charge is 0.355 e. The number of hydrogen-bond donors (Lipinski definition) is 1. The zero-order valence-corrected chi connectivity index (χ0v) is 18.9. The number of carbonyl (C=O) groups excluding carboxylic acids is 2. The molecule has 29 heavy (non-hydrogen) atoms. The summed E-state index contributed by atoms with van der Waals surface area (Å²) in [5.41, 5.74) is 2.06. The fraction of sp³-hybridized carbons (Fsp3) is 0.391. The molecular weight excluding hydrogens is 404 g/mol. The molecule has 0 unspecified atom stereocenters. The first-order valence-electron chi connectivity index (χ1n) is 9.96. The third kappa shape index (κ3) is 7.09. The van der Waals surface area contributed by atoms with Crippen molar-refractivity contribution in [3.05, 3.63) is 64.7 Å². The Morgan fingerprint density at radius 2 is 1.79 bits per heavy atom. The van der Waals surface area contributed by atoms with Gasteiger partial charge in [-0.05, 0) is 44.0 Å². The van der Waals surface area contributed by atoms with Crippen molar-refractivity contribution >= 4 is 35.2 Å². The molecule has 0 aliphatic rings. The highest BCUT2D eigenvalue weighted by molar-refractivity contribution is 7.99. The van der Waals surface area contributed by atoms with Crippen LogP contribution in [0.15, 0.2) is 53.4 Å². The Morgan fingerprint density at radius 3 is 2.41 bits per heavy atom. The van der Waals surface area contributed by atoms with Gasteiger partial charge >= 0.3 is 0 Å². The second kappa shape index (κ2) is 11.9. The van der Waals surface area contributed by atoms with Crippen LogP contribution in [-0.2, 0) is 16.1 Å². The van der Waals surface area contributed by atoms with Crippen LogP contribution in [0, 0.1) is 6.92 Å². The number of aryl methyl sites for hydroxylation is 1. The number of thioether (sulfide) groups is 1. The van der Waals surface area contributed by atoms with Gasteiger partial charge in [0, 0.05) is 35.2 Å². The molecule has 0 aromatic heterocycles. The second-order valence-electron chi connectivity index (χ2n) is 6.84. The minimum Gasteiger partial charge on any atom is -0.355 e. The zero-order valence-electron chi connectivity index (χ0n) is 17.3. The van der Waals surface area contributed by atoms with Gasteiger partial charge in [-0.15, -0.1) is 11.8 Å². The molecule has 2 rings (SSSR count). The number of likely N-dealkylation sites (N-methyl/N-ethyl adjacent to an activating group) is 1. The standard InChI is InChI=1S/C23H29ClN2O2S/c1-4-21(23(28)25-5-2)26(16-18-8-6-7-9-20(18)24)22(27)14-15-29-19-12-10-17(3)11-13-19/h6-13,21H,4-5,14-16H2,1-3H3,(H,25,28)/t21-/m0/s1. The Labute approximate surface area is 183 Å². The van der Waals surface area contributed by atoms with E-state index in [4.69, 9.17) is 11.6 Å². The van der Waals surface area contributed by atoms with Crippen LogP contribution in [-0.4, -0.2) is 35.1 Å². The lowest BCUT2D eigenvalue weighted by Crippen LogP contribution is -2.49. The van der Waals surface area contributed by atoms with E-state index in [9.17, 15) is 9.59 Å². The third-order valence-corrected chi connectivity index (χ3v) is 6.02. The van der Waals surface area contributed by atoms with E-state index in [2.05, 4.69) is 36.5 Å². The number of nitrogens with zero attached hydrogens (tertiary/aromatic N) is 1. The Bertz CT molecular complexity index is 811. The Balaban J connectivity index is 2.11. The van der Waals surface area contributed by atoms with Gasteiger partial charge in [-0.3, -0.25) is 9.59 Å². The molecule has 0 saturated heterocycles. The molecular formula is C23H29ClN2O2S. The molecule has 0 aliphatic carbocycles. The Hall–Kier alpha value is -1.98. The molecule has 0 radical (unpaired) electrons. The SMILES string of the molecule is CCNC(=O)[C@H](CC)N(Cc1ccccc1Cl)C(=O)CCSc1ccc(C)cc1. The molecule has 6 heteroatoms. The minimum absolute atomic E-state index is 0.0392. The fourth-order valence-electron chi connectivity index (χ4n) is 3.06. The summed E-state index contributed by atoms with van der Waals surface area (Å²) in [6, 6.07) is 15.2. The fourth-order valence-corrected chi connectivity index (χ4v) is 4.09. The summed E-state index contributed by atoms with van der Waals surface area (Å²) in [5, 5.41) is 3.45. The number of rotatable bonds is 10. The minimum atomic E-state index is -0.511. The van der Waals surface area contributed by atoms with Gasteiger partial charge in [0.1, 0.15) is 6.04 Å². The van der Waals surface area contributed by atoms with Gasteiger partial charge in [-0.2, -0.15) is 0 Å². The van der Waals surface area contributed by atoms with Crippen molar-refractivity contribution < 1.29 is 9.59 Å². The van der Waals surface area contributed by atoms with Crippen molar-refractivity contribution in [2.45, 2.75) is 51.1 Å². The summed E-state index contributed by atoms with van der Waals surface area (Å²) in [6.45, 7) is 6.71. The molecule has 0 fully saturated rings. The first-order valence-corrected chi connectivity index (χ1v) is 11.3. The molecule has 2 aromatic carbocycles. The summed E-state index contributed by atoms with van der Waals surface area (Å²) in [7, 11) is 0. The molecule has 0 spiro atoms. The molecule has 2 aromatic rings. The highest BCUT2D eigenvalue weighted by atomic mass is 35.5. The number of benzene rings is 2. The van der Waals surface area contributed by atoms with E-state index in [1.165, 1.54) is 5.56 Å². The van der Waals surface area contributed by atoms with Crippen LogP contribution in [0.25, 0.3) is 0 Å². The predicted octanol–water partition coefficient (Wildman–Crippen LogP) is 5.07. The average molecular weight is 433 g/mol. The quantitative estimate of drug-likeness (QED) is 0.533. The summed E-state index contributed by atoms with van der Waals surface area (Å²) in [5.74, 6) is 0.497. The van der Waals surface area contributed by atoms with Crippen molar-refractivity contribution in [3.8, 4) is 0 Å². The van der Waals surface area contributed by atoms with E-state index in [1.807, 2.05) is 32.0 Å². The first-order chi connectivity index (χ1) is 14.0. The summed E-state index contributed by atoms with van der Waals surface area (Å²) < 4.78 is 0. The van der Waals surface area contributed by atoms with E-state index < -0.39 is 6.04 Å². The lowest BCUT2D eigenvalue weighted by molar-refractivity contribution is -0.141. The molecule has 156 valence electrons. The van der Waals surface area contributed by atoms with Gasteiger partial charge in [0.25, 0.3) is 0 Å². The van der Waals surface area contributed by atoms with Crippen molar-refractivity contribution in [1.82, 2.24) is 10.2 Å². The topological polar surface area (TPSA) is 49.4 Å². The van der Waals surface area contributed by atoms with Crippen LogP contribution >= 0.6 is 23.4 Å². The monoisotopic (exact) mass is 432 g/mol. The van der Waals surface area contributed by atoms with Crippen LogP contribution < -0.4 is 5.32 Å². The average Bonchev–Trinajstić information content (AvgIpc) is 2.71. The summed E-state index contributed by atoms with van der Waals surface area (Å²) in [4.78, 5) is 28.5. The number of carbonyl (C=O) groups is 2. The van der Waals surface area contributed by atoms with Crippen LogP contribution in [0.2, 0.25) is 5.02 Å². The third-order valence-electron chi connectivity index (χ3n) is 4.64. The summed E-state index contributed by atoms with van der Waals surface area (Å²) in [6.07, 6.45) is 0.909. The smallest absolute Gasteiger partial charge is 0.242 e. The number of nitrogens with one attached hydrogen (secondary N) is 1. The maximum Gasteiger partial charge on any atom is 0.242 e. The molecule has 0 aliphatic heterocycles. The van der Waals surface area contributed by atoms with Gasteiger partial charge < -0.3 is 10.2 Å². The molecule has 0 heterocycles. The van der Waals surface area contributed by atoms with E-state index in [0.29, 0.717) is 36.7 Å². The van der Waals surface area contributed by atoms with Gasteiger partial charge in [-0.25, -0.2) is 0 Å². The van der Waals surface area contributed by atoms with Crippen LogP contribution in [0.3, 0.4) is 0 Å². The van der Waals surface area contributed by atoms with Crippen molar-refractivity contribution in [1.29, 1.82) is 0 Å². The zero-order chi connectivity index (χ0) is 21.2. The molecule has 1 N–H and O–H groups in total. The van der Waals surface area contributed by atoms with Gasteiger partial charge in [0.15, 0.2) is 0 Å². The predicted molar refractivity (Wildman–Crippen MR) is 121 cm³/mol. The molecule has 4 nitrogen and oxygen atoms in total. The van der Waals surface area contributed by atoms with Crippen molar-refractivity contribution in [3.63, 3.8) is 0 Å². The lowest BCUT2D eigenvalue weighted by Gasteiger charge is -2.31. The Kier molecular flexibility index (Phi) is 9.55. The normalized spacial score (nSPS) is 11.7. The highest BCUT2D eigenvalue weighted by Crippen LogP contribution is 2.23. The summed E-state index contributed by atoms with van der Waals surface area (Å²) >= 11 is 7.96. The molecule has 1 atom stereocenters. The lowest BCUT2D eigenvalue weighted by atomic mass is 10.1. The number of amides is 2. The van der Waals surface area contributed by atoms with Gasteiger partial charge in [-0.1, -0.05) is 54.4 Å². The van der Waals surface area contributed by atoms with Crippen LogP contribution in [0.4, 0.5) is 0 Å². The van der Waals surface area contributed by atoms with Crippen molar-refractivity contribution in [2.24, 2.45) is 0 Å². The molecule has 0 saturated carbocycles. The van der Waals surface area contributed by atoms with E-state index >= 15 is 0 Å². The highest BCUT2D eigenvalue weighted by Gasteiger charge is 2.28. The van der Waals surface area contributed by atoms with E-state index in [-0.39, 0.29) is 11.8 Å². The van der Waals surface area contributed by atoms with Crippen molar-refractivity contribution in [2.75, 3.05) is 12.3 Å². The number of hydrogen-bond acceptors (Lipinski definition) is 3. The van der Waals surface area contributed by atoms with Gasteiger partial charge in [0.2, 0.25) is 11.8 Å². The van der Waals surface area contributed by atoms with Crippen LogP contribution in [0.1, 0.15) is 37.8 Å². The van der Waals surface area contributed by atoms with Crippen LogP contribution in [0.5, 0.6) is 0 Å². The maximum absolute atomic E-state index is 13.1. The number of halogens is 1. The van der Waals surface area contributed by atoms with E-state index in [1.54, 1.807) is 22.7 Å².